The quantitative estimate of drug-likeness (QED) is 0.264. The molecular weight excluding hydrogens is 618 g/mol. The normalized spacial score (nSPS) is 21.1. The summed E-state index contributed by atoms with van der Waals surface area (Å²) in [6, 6.07) is 14.0. The van der Waals surface area contributed by atoms with Crippen molar-refractivity contribution in [3.8, 4) is 17.2 Å². The second-order valence-corrected chi connectivity index (χ2v) is 13.8. The Balaban J connectivity index is 1.04. The van der Waals surface area contributed by atoms with Crippen molar-refractivity contribution in [2.75, 3.05) is 38.2 Å². The molecule has 5 aliphatic rings. The van der Waals surface area contributed by atoms with Gasteiger partial charge in [-0.25, -0.2) is 0 Å². The molecule has 0 radical (unpaired) electrons. The molecule has 0 unspecified atom stereocenters. The molecule has 5 aliphatic heterocycles. The van der Waals surface area contributed by atoms with Crippen LogP contribution in [0.4, 0.5) is 17.1 Å². The third-order valence-corrected chi connectivity index (χ3v) is 10.5. The zero-order chi connectivity index (χ0) is 33.5. The number of hydrogen-bond acceptors (Lipinski definition) is 8. The number of anilines is 1. The first-order chi connectivity index (χ1) is 23.9. The van der Waals surface area contributed by atoms with E-state index in [1.807, 2.05) is 47.4 Å². The number of benzene rings is 3. The number of aryl methyl sites for hydroxylation is 1. The first-order valence-electron chi connectivity index (χ1n) is 17.7. The number of fused-ring (bicyclic) bond motifs is 4. The smallest absolute Gasteiger partial charge is 0.256 e. The number of carbonyl (C=O) groups excluding carboxylic acids is 2. The molecule has 3 fully saturated rings. The van der Waals surface area contributed by atoms with Crippen molar-refractivity contribution in [2.45, 2.75) is 77.2 Å². The molecule has 0 spiro atoms. The Kier molecular flexibility index (Phi) is 8.47. The van der Waals surface area contributed by atoms with Crippen LogP contribution < -0.4 is 19.1 Å². The molecule has 3 saturated heterocycles. The lowest BCUT2D eigenvalue weighted by Crippen LogP contribution is -2.35. The summed E-state index contributed by atoms with van der Waals surface area (Å²) in [5.74, 6) is 1.81. The van der Waals surface area contributed by atoms with Gasteiger partial charge in [0.1, 0.15) is 19.0 Å². The van der Waals surface area contributed by atoms with Crippen molar-refractivity contribution in [1.29, 1.82) is 0 Å². The van der Waals surface area contributed by atoms with Crippen LogP contribution in [0, 0.1) is 6.92 Å². The number of aliphatic imine (C=N–C) groups is 2. The van der Waals surface area contributed by atoms with E-state index in [1.165, 1.54) is 19.3 Å². The van der Waals surface area contributed by atoms with Crippen LogP contribution in [-0.4, -0.2) is 79.4 Å². The van der Waals surface area contributed by atoms with E-state index in [-0.39, 0.29) is 23.9 Å². The van der Waals surface area contributed by atoms with Crippen LogP contribution in [0.25, 0.3) is 0 Å². The topological polar surface area (TPSA) is 96.3 Å². The van der Waals surface area contributed by atoms with Crippen molar-refractivity contribution in [1.82, 2.24) is 9.80 Å². The zero-order valence-electron chi connectivity index (χ0n) is 28.3. The summed E-state index contributed by atoms with van der Waals surface area (Å²) in [7, 11) is 1.60. The average Bonchev–Trinajstić information content (AvgIpc) is 3.76. The van der Waals surface area contributed by atoms with Gasteiger partial charge in [0, 0.05) is 56.4 Å². The van der Waals surface area contributed by atoms with Gasteiger partial charge in [-0.3, -0.25) is 19.6 Å². The maximum absolute atomic E-state index is 13.3. The number of ether oxygens (including phenoxy) is 3. The van der Waals surface area contributed by atoms with Crippen LogP contribution in [0.3, 0.4) is 0 Å². The number of rotatable bonds is 8. The van der Waals surface area contributed by atoms with Crippen LogP contribution in [-0.2, 0) is 13.2 Å². The molecule has 0 aliphatic carbocycles. The Morgan fingerprint density at radius 3 is 1.84 bits per heavy atom. The molecule has 3 aromatic rings. The van der Waals surface area contributed by atoms with Crippen LogP contribution in [0.5, 0.6) is 17.2 Å². The average molecular weight is 662 g/mol. The Bertz CT molecular complexity index is 1850. The van der Waals surface area contributed by atoms with E-state index >= 15 is 0 Å². The molecule has 10 heteroatoms. The van der Waals surface area contributed by atoms with E-state index in [2.05, 4.69) is 23.1 Å². The summed E-state index contributed by atoms with van der Waals surface area (Å²) >= 11 is 0. The molecule has 0 aromatic heterocycles. The summed E-state index contributed by atoms with van der Waals surface area (Å²) in [5, 5.41) is 0. The van der Waals surface area contributed by atoms with Crippen molar-refractivity contribution >= 4 is 41.3 Å². The van der Waals surface area contributed by atoms with Gasteiger partial charge < -0.3 is 28.9 Å². The molecule has 0 saturated carbocycles. The van der Waals surface area contributed by atoms with Gasteiger partial charge in [-0.2, -0.15) is 0 Å². The first-order valence-corrected chi connectivity index (χ1v) is 17.7. The van der Waals surface area contributed by atoms with Crippen LogP contribution in [0.1, 0.15) is 82.4 Å². The van der Waals surface area contributed by atoms with Gasteiger partial charge >= 0.3 is 0 Å². The third-order valence-electron chi connectivity index (χ3n) is 10.5. The second kappa shape index (κ2) is 13.2. The standard InChI is InChI=1S/C39H43N5O5/c1-25-14-31-33(40-21-28-8-6-12-43(28)38(31)45)19-35(25)48-23-26-15-27(17-30(16-26)42-10-4-3-5-11-42)24-49-37-20-34-32(18-36(37)47-2)39(46)44-13-7-9-29(44)22-41-34/h14-22,28-29H,3-13,23-24H2,1-2H3/t28-,29-/m0/s1. The van der Waals surface area contributed by atoms with E-state index in [9.17, 15) is 9.59 Å². The molecule has 0 bridgehead atoms. The molecule has 8 rings (SSSR count). The predicted molar refractivity (Wildman–Crippen MR) is 190 cm³/mol. The number of methoxy groups -OCH3 is 1. The molecule has 0 N–H and O–H groups in total. The van der Waals surface area contributed by atoms with Gasteiger partial charge in [0.25, 0.3) is 11.8 Å². The van der Waals surface area contributed by atoms with Crippen LogP contribution >= 0.6 is 0 Å². The van der Waals surface area contributed by atoms with Gasteiger partial charge in [-0.1, -0.05) is 0 Å². The minimum atomic E-state index is -0.0119. The molecule has 2 atom stereocenters. The summed E-state index contributed by atoms with van der Waals surface area (Å²) in [5.41, 5.74) is 6.55. The Labute approximate surface area is 287 Å². The Hall–Kier alpha value is -4.86. The van der Waals surface area contributed by atoms with Crippen molar-refractivity contribution in [3.05, 3.63) is 70.3 Å². The lowest BCUT2D eigenvalue weighted by molar-refractivity contribution is 0.0766. The van der Waals surface area contributed by atoms with Crippen molar-refractivity contribution in [3.63, 3.8) is 0 Å². The minimum absolute atomic E-state index is 0.0119. The van der Waals surface area contributed by atoms with Crippen molar-refractivity contribution in [2.24, 2.45) is 9.98 Å². The highest BCUT2D eigenvalue weighted by molar-refractivity contribution is 6.04. The monoisotopic (exact) mass is 661 g/mol. The fourth-order valence-corrected chi connectivity index (χ4v) is 7.82. The number of carbonyl (C=O) groups is 2. The van der Waals surface area contributed by atoms with Crippen LogP contribution in [0.2, 0.25) is 0 Å². The van der Waals surface area contributed by atoms with E-state index in [1.54, 1.807) is 13.2 Å². The SMILES string of the molecule is COc1cc2c(cc1OCc1cc(COc3cc4c(cc3C)C(=O)N3CCC[C@H]3C=N4)cc(N3CCCCC3)c1)N=C[C@@H]1CCCN1C2=O. The van der Waals surface area contributed by atoms with E-state index < -0.39 is 0 Å². The van der Waals surface area contributed by atoms with Gasteiger partial charge in [0.05, 0.1) is 41.7 Å². The fraction of sp³-hybridized carbons (Fsp3) is 0.436. The molecule has 254 valence electrons. The third kappa shape index (κ3) is 6.13. The highest BCUT2D eigenvalue weighted by atomic mass is 16.5. The zero-order valence-corrected chi connectivity index (χ0v) is 28.3. The van der Waals surface area contributed by atoms with E-state index in [0.29, 0.717) is 47.2 Å². The first kappa shape index (κ1) is 31.4. The lowest BCUT2D eigenvalue weighted by Gasteiger charge is -2.29. The number of hydrogen-bond donors (Lipinski definition) is 0. The lowest BCUT2D eigenvalue weighted by atomic mass is 10.1. The van der Waals surface area contributed by atoms with Gasteiger partial charge in [-0.05, 0) is 98.9 Å². The van der Waals surface area contributed by atoms with Gasteiger partial charge in [0.2, 0.25) is 0 Å². The van der Waals surface area contributed by atoms with Gasteiger partial charge in [0.15, 0.2) is 11.5 Å². The highest BCUT2D eigenvalue weighted by Gasteiger charge is 2.33. The summed E-state index contributed by atoms with van der Waals surface area (Å²) in [6.07, 6.45) is 11.3. The molecule has 49 heavy (non-hydrogen) atoms. The molecular formula is C39H43N5O5. The maximum Gasteiger partial charge on any atom is 0.256 e. The summed E-state index contributed by atoms with van der Waals surface area (Å²) < 4.78 is 18.6. The van der Waals surface area contributed by atoms with Crippen LogP contribution in [0.15, 0.2) is 52.4 Å². The molecule has 3 aromatic carbocycles. The predicted octanol–water partition coefficient (Wildman–Crippen LogP) is 6.79. The summed E-state index contributed by atoms with van der Waals surface area (Å²) in [4.78, 5) is 42.3. The maximum atomic E-state index is 13.3. The fourth-order valence-electron chi connectivity index (χ4n) is 7.82. The highest BCUT2D eigenvalue weighted by Crippen LogP contribution is 2.39. The van der Waals surface area contributed by atoms with E-state index in [0.717, 1.165) is 80.0 Å². The number of nitrogens with zero attached hydrogens (tertiary/aromatic N) is 5. The number of amides is 2. The van der Waals surface area contributed by atoms with Crippen molar-refractivity contribution < 1.29 is 23.8 Å². The Morgan fingerprint density at radius 2 is 1.22 bits per heavy atom. The van der Waals surface area contributed by atoms with Gasteiger partial charge in [-0.15, -0.1) is 0 Å². The molecule has 5 heterocycles. The molecule has 2 amide bonds. The summed E-state index contributed by atoms with van der Waals surface area (Å²) in [6.45, 7) is 6.20. The minimum Gasteiger partial charge on any atom is -0.493 e. The molecule has 10 nitrogen and oxygen atoms in total. The van der Waals surface area contributed by atoms with E-state index in [4.69, 9.17) is 24.2 Å². The Morgan fingerprint density at radius 1 is 0.653 bits per heavy atom. The largest absolute Gasteiger partial charge is 0.493 e. The second-order valence-electron chi connectivity index (χ2n) is 13.8. The number of piperidine rings is 1.